The lowest BCUT2D eigenvalue weighted by atomic mass is 9.88. The zero-order valence-electron chi connectivity index (χ0n) is 19.7. The summed E-state index contributed by atoms with van der Waals surface area (Å²) in [6.45, 7) is 8.09. The van der Waals surface area contributed by atoms with Gasteiger partial charge in [0.05, 0.1) is 11.3 Å². The third-order valence-electron chi connectivity index (χ3n) is 7.09. The average Bonchev–Trinajstić information content (AvgIpc) is 3.61. The van der Waals surface area contributed by atoms with Crippen LogP contribution < -0.4 is 11.1 Å². The predicted octanol–water partition coefficient (Wildman–Crippen LogP) is 4.44. The van der Waals surface area contributed by atoms with Crippen molar-refractivity contribution in [2.75, 3.05) is 5.32 Å². The molecule has 5 rings (SSSR count). The summed E-state index contributed by atoms with van der Waals surface area (Å²) in [6, 6.07) is 6.33. The molecule has 172 valence electrons. The Kier molecular flexibility index (Phi) is 5.32. The number of hydrogen-bond donors (Lipinski definition) is 2. The Morgan fingerprint density at radius 2 is 1.94 bits per heavy atom. The van der Waals surface area contributed by atoms with E-state index in [1.54, 1.807) is 0 Å². The van der Waals surface area contributed by atoms with E-state index in [1.807, 2.05) is 45.3 Å². The number of pyridine rings is 3. The van der Waals surface area contributed by atoms with Crippen LogP contribution in [0.1, 0.15) is 85.9 Å². The van der Waals surface area contributed by atoms with Crippen molar-refractivity contribution in [1.82, 2.24) is 15.0 Å². The fraction of sp³-hybridized carbons (Fsp3) is 0.462. The van der Waals surface area contributed by atoms with Crippen LogP contribution in [-0.4, -0.2) is 33.1 Å². The predicted molar refractivity (Wildman–Crippen MR) is 128 cm³/mol. The molecular formula is C26H31N5O2. The summed E-state index contributed by atoms with van der Waals surface area (Å²) in [4.78, 5) is 26.5. The van der Waals surface area contributed by atoms with Crippen molar-refractivity contribution in [3.05, 3.63) is 58.8 Å². The number of fused-ring (bicyclic) bond motifs is 2. The first-order chi connectivity index (χ1) is 15.8. The average molecular weight is 446 g/mol. The largest absolute Gasteiger partial charge is 0.458 e. The van der Waals surface area contributed by atoms with E-state index >= 15 is 0 Å². The topological polar surface area (TPSA) is 103 Å². The van der Waals surface area contributed by atoms with Gasteiger partial charge in [-0.3, -0.25) is 9.97 Å². The van der Waals surface area contributed by atoms with Gasteiger partial charge in [-0.15, -0.1) is 0 Å². The SMILES string of the molecule is CC[C@](C)(N)c1cnc(NC2CC2)c2cnc(Cc3ccc4c(n3)[C@@H](C)[C@H](C)OC4=O)cc12. The second-order valence-corrected chi connectivity index (χ2v) is 9.74. The van der Waals surface area contributed by atoms with Crippen LogP contribution in [0.2, 0.25) is 0 Å². The molecule has 0 spiro atoms. The van der Waals surface area contributed by atoms with Crippen molar-refractivity contribution in [2.45, 2.75) is 77.0 Å². The normalized spacial score (nSPS) is 21.9. The van der Waals surface area contributed by atoms with Crippen molar-refractivity contribution in [3.63, 3.8) is 0 Å². The number of rotatable bonds is 6. The van der Waals surface area contributed by atoms with Gasteiger partial charge in [0.15, 0.2) is 0 Å². The maximum atomic E-state index is 12.2. The van der Waals surface area contributed by atoms with Gasteiger partial charge in [-0.05, 0) is 62.3 Å². The van der Waals surface area contributed by atoms with Crippen molar-refractivity contribution in [1.29, 1.82) is 0 Å². The summed E-state index contributed by atoms with van der Waals surface area (Å²) in [7, 11) is 0. The first-order valence-electron chi connectivity index (χ1n) is 11.8. The van der Waals surface area contributed by atoms with E-state index in [9.17, 15) is 4.79 Å². The Balaban J connectivity index is 1.54. The molecule has 0 saturated heterocycles. The molecule has 1 saturated carbocycles. The second-order valence-electron chi connectivity index (χ2n) is 9.74. The van der Waals surface area contributed by atoms with Gasteiger partial charge in [-0.2, -0.15) is 0 Å². The fourth-order valence-corrected chi connectivity index (χ4v) is 4.33. The van der Waals surface area contributed by atoms with Gasteiger partial charge >= 0.3 is 5.97 Å². The molecule has 0 radical (unpaired) electrons. The molecule has 0 bridgehead atoms. The van der Waals surface area contributed by atoms with Crippen molar-refractivity contribution >= 4 is 22.6 Å². The van der Waals surface area contributed by atoms with Crippen molar-refractivity contribution < 1.29 is 9.53 Å². The van der Waals surface area contributed by atoms with Gasteiger partial charge in [0.25, 0.3) is 0 Å². The van der Waals surface area contributed by atoms with Crippen LogP contribution in [0.15, 0.2) is 30.6 Å². The maximum Gasteiger partial charge on any atom is 0.340 e. The minimum atomic E-state index is -0.488. The number of carbonyl (C=O) groups is 1. The van der Waals surface area contributed by atoms with Crippen LogP contribution in [0.5, 0.6) is 0 Å². The molecule has 3 atom stereocenters. The van der Waals surface area contributed by atoms with Gasteiger partial charge in [-0.1, -0.05) is 13.8 Å². The number of nitrogens with one attached hydrogen (secondary N) is 1. The van der Waals surface area contributed by atoms with Crippen LogP contribution in [0.4, 0.5) is 5.82 Å². The number of hydrogen-bond acceptors (Lipinski definition) is 7. The number of aromatic nitrogens is 3. The molecule has 2 aliphatic rings. The Hall–Kier alpha value is -3.06. The molecule has 1 aliphatic heterocycles. The Morgan fingerprint density at radius 1 is 1.15 bits per heavy atom. The highest BCUT2D eigenvalue weighted by Gasteiger charge is 2.31. The number of carbonyl (C=O) groups excluding carboxylic acids is 1. The number of ether oxygens (including phenoxy) is 1. The number of anilines is 1. The number of esters is 1. The van der Waals surface area contributed by atoms with E-state index in [0.29, 0.717) is 18.0 Å². The van der Waals surface area contributed by atoms with Crippen LogP contribution in [-0.2, 0) is 16.7 Å². The molecule has 7 nitrogen and oxygen atoms in total. The maximum absolute atomic E-state index is 12.2. The standard InChI is InChI=1S/C26H31N5O2/c1-5-26(4,27)22-13-29-24(31-16-6-7-16)21-12-28-18(11-20(21)22)10-17-8-9-19-23(30-17)14(2)15(3)33-25(19)32/h8-9,11-16H,5-7,10,27H2,1-4H3,(H,29,31)/t14-,15-,26-/m0/s1. The summed E-state index contributed by atoms with van der Waals surface area (Å²) >= 11 is 0. The highest BCUT2D eigenvalue weighted by atomic mass is 16.5. The number of cyclic esters (lactones) is 1. The van der Waals surface area contributed by atoms with Gasteiger partial charge in [0.2, 0.25) is 0 Å². The molecule has 3 aromatic rings. The first kappa shape index (κ1) is 21.8. The van der Waals surface area contributed by atoms with Gasteiger partial charge in [-0.25, -0.2) is 9.78 Å². The molecule has 1 fully saturated rings. The lowest BCUT2D eigenvalue weighted by Gasteiger charge is -2.27. The van der Waals surface area contributed by atoms with Crippen molar-refractivity contribution in [3.8, 4) is 0 Å². The zero-order chi connectivity index (χ0) is 23.3. The molecular weight excluding hydrogens is 414 g/mol. The Morgan fingerprint density at radius 3 is 2.67 bits per heavy atom. The molecule has 0 amide bonds. The van der Waals surface area contributed by atoms with E-state index < -0.39 is 5.54 Å². The summed E-state index contributed by atoms with van der Waals surface area (Å²) in [6.07, 6.45) is 7.35. The minimum Gasteiger partial charge on any atom is -0.458 e. The molecule has 0 aromatic carbocycles. The van der Waals surface area contributed by atoms with Gasteiger partial charge in [0.1, 0.15) is 11.9 Å². The number of nitrogens with two attached hydrogens (primary N) is 1. The zero-order valence-corrected chi connectivity index (χ0v) is 19.7. The third-order valence-corrected chi connectivity index (χ3v) is 7.09. The smallest absolute Gasteiger partial charge is 0.340 e. The first-order valence-corrected chi connectivity index (χ1v) is 11.8. The molecule has 4 heterocycles. The van der Waals surface area contributed by atoms with Gasteiger partial charge in [0, 0.05) is 53.1 Å². The number of nitrogens with zero attached hydrogens (tertiary/aromatic N) is 3. The minimum absolute atomic E-state index is 0.0541. The van der Waals surface area contributed by atoms with Crippen molar-refractivity contribution in [2.24, 2.45) is 5.73 Å². The van der Waals surface area contributed by atoms with Crippen LogP contribution in [0, 0.1) is 0 Å². The van der Waals surface area contributed by atoms with Crippen LogP contribution in [0.3, 0.4) is 0 Å². The quantitative estimate of drug-likeness (QED) is 0.541. The molecule has 3 N–H and O–H groups in total. The highest BCUT2D eigenvalue weighted by Crippen LogP contribution is 2.35. The van der Waals surface area contributed by atoms with E-state index in [0.717, 1.165) is 45.7 Å². The monoisotopic (exact) mass is 445 g/mol. The summed E-state index contributed by atoms with van der Waals surface area (Å²) in [5, 5.41) is 5.60. The lowest BCUT2D eigenvalue weighted by Crippen LogP contribution is -2.32. The summed E-state index contributed by atoms with van der Waals surface area (Å²) in [5.41, 5.74) is 10.3. The fourth-order valence-electron chi connectivity index (χ4n) is 4.33. The van der Waals surface area contributed by atoms with E-state index in [1.165, 1.54) is 12.8 Å². The lowest BCUT2D eigenvalue weighted by molar-refractivity contribution is 0.0234. The van der Waals surface area contributed by atoms with E-state index in [-0.39, 0.29) is 18.0 Å². The second kappa shape index (κ2) is 8.06. The molecule has 3 aromatic heterocycles. The Bertz CT molecular complexity index is 1230. The summed E-state index contributed by atoms with van der Waals surface area (Å²) < 4.78 is 5.41. The molecule has 0 unspecified atom stereocenters. The van der Waals surface area contributed by atoms with Crippen LogP contribution in [0.25, 0.3) is 10.8 Å². The molecule has 1 aliphatic carbocycles. The Labute approximate surface area is 194 Å². The van der Waals surface area contributed by atoms with Gasteiger partial charge < -0.3 is 15.8 Å². The van der Waals surface area contributed by atoms with Crippen LogP contribution >= 0.6 is 0 Å². The van der Waals surface area contributed by atoms with E-state index in [4.69, 9.17) is 25.4 Å². The van der Waals surface area contributed by atoms with E-state index in [2.05, 4.69) is 18.3 Å². The molecule has 7 heteroatoms. The molecule has 33 heavy (non-hydrogen) atoms. The summed E-state index contributed by atoms with van der Waals surface area (Å²) in [5.74, 6) is 0.627. The highest BCUT2D eigenvalue weighted by molar-refractivity contribution is 5.94. The third kappa shape index (κ3) is 4.06.